The van der Waals surface area contributed by atoms with Crippen molar-refractivity contribution in [3.8, 4) is 11.4 Å². The summed E-state index contributed by atoms with van der Waals surface area (Å²) in [6, 6.07) is 16.8. The average molecular weight is 502 g/mol. The van der Waals surface area contributed by atoms with Crippen molar-refractivity contribution in [2.75, 3.05) is 75.1 Å². The van der Waals surface area contributed by atoms with E-state index in [-0.39, 0.29) is 6.03 Å². The van der Waals surface area contributed by atoms with Gasteiger partial charge in [-0.25, -0.2) is 14.8 Å². The lowest BCUT2D eigenvalue weighted by molar-refractivity contribution is 0.122. The van der Waals surface area contributed by atoms with Crippen LogP contribution in [0.2, 0.25) is 0 Å². The van der Waals surface area contributed by atoms with Gasteiger partial charge in [-0.1, -0.05) is 18.2 Å². The van der Waals surface area contributed by atoms with Crippen molar-refractivity contribution < 1.29 is 9.53 Å². The summed E-state index contributed by atoms with van der Waals surface area (Å²) in [5.41, 5.74) is 4.58. The van der Waals surface area contributed by atoms with E-state index in [0.29, 0.717) is 24.7 Å². The summed E-state index contributed by atoms with van der Waals surface area (Å²) < 4.78 is 5.58. The number of likely N-dealkylation sites (N-methyl/N-ethyl adjacent to an activating group) is 1. The van der Waals surface area contributed by atoms with E-state index in [4.69, 9.17) is 14.7 Å². The second-order valence-corrected chi connectivity index (χ2v) is 9.64. The van der Waals surface area contributed by atoms with Gasteiger partial charge >= 0.3 is 6.03 Å². The number of hydrogen-bond donors (Lipinski definition) is 2. The Hall–Kier alpha value is -3.53. The molecule has 0 spiro atoms. The van der Waals surface area contributed by atoms with Crippen LogP contribution in [0.1, 0.15) is 11.3 Å². The Balaban J connectivity index is 1.36. The monoisotopic (exact) mass is 501 g/mol. The third-order valence-electron chi connectivity index (χ3n) is 6.93. The third-order valence-corrected chi connectivity index (χ3v) is 6.93. The average Bonchev–Trinajstić information content (AvgIpc) is 2.92. The summed E-state index contributed by atoms with van der Waals surface area (Å²) in [6.07, 6.45) is 0. The zero-order valence-electron chi connectivity index (χ0n) is 21.6. The number of para-hydroxylation sites is 1. The molecule has 0 unspecified atom stereocenters. The highest BCUT2D eigenvalue weighted by atomic mass is 16.5. The molecule has 9 nitrogen and oxygen atoms in total. The predicted molar refractivity (Wildman–Crippen MR) is 147 cm³/mol. The van der Waals surface area contributed by atoms with E-state index >= 15 is 0 Å². The molecule has 0 bridgehead atoms. The largest absolute Gasteiger partial charge is 0.378 e. The number of anilines is 3. The van der Waals surface area contributed by atoms with Gasteiger partial charge in [-0.2, -0.15) is 0 Å². The standard InChI is InChI=1S/C28H35N7O2/c1-21-25(20-34-14-12-33(2)13-15-34)31-26(32-27(21)35-16-18-37-19-17-35)22-8-10-24(11-9-22)30-28(36)29-23-6-4-3-5-7-23/h3-11H,12-20H2,1-2H3,(H2,29,30,36). The molecule has 2 aliphatic rings. The van der Waals surface area contributed by atoms with Crippen LogP contribution in [0.4, 0.5) is 22.0 Å². The van der Waals surface area contributed by atoms with E-state index in [2.05, 4.69) is 39.3 Å². The van der Waals surface area contributed by atoms with Gasteiger partial charge in [0.1, 0.15) is 5.82 Å². The number of nitrogens with one attached hydrogen (secondary N) is 2. The SMILES string of the molecule is Cc1c(CN2CCN(C)CC2)nc(-c2ccc(NC(=O)Nc3ccccc3)cc2)nc1N1CCOCC1. The number of hydrogen-bond acceptors (Lipinski definition) is 7. The Kier molecular flexibility index (Phi) is 7.93. The van der Waals surface area contributed by atoms with Gasteiger partial charge in [0, 0.05) is 68.3 Å². The first-order valence-electron chi connectivity index (χ1n) is 12.9. The lowest BCUT2D eigenvalue weighted by Crippen LogP contribution is -2.44. The van der Waals surface area contributed by atoms with Gasteiger partial charge in [0.15, 0.2) is 5.82 Å². The fourth-order valence-corrected chi connectivity index (χ4v) is 4.65. The van der Waals surface area contributed by atoms with Crippen molar-refractivity contribution in [1.82, 2.24) is 19.8 Å². The van der Waals surface area contributed by atoms with E-state index in [1.807, 2.05) is 54.6 Å². The summed E-state index contributed by atoms with van der Waals surface area (Å²) in [6.45, 7) is 10.2. The van der Waals surface area contributed by atoms with Crippen LogP contribution in [0.25, 0.3) is 11.4 Å². The highest BCUT2D eigenvalue weighted by Crippen LogP contribution is 2.27. The fourth-order valence-electron chi connectivity index (χ4n) is 4.65. The molecule has 1 aromatic heterocycles. The number of benzene rings is 2. The fraction of sp³-hybridized carbons (Fsp3) is 0.393. The van der Waals surface area contributed by atoms with E-state index in [1.165, 1.54) is 0 Å². The van der Waals surface area contributed by atoms with E-state index in [0.717, 1.165) is 74.1 Å². The molecule has 2 N–H and O–H groups in total. The lowest BCUT2D eigenvalue weighted by atomic mass is 10.1. The first kappa shape index (κ1) is 25.1. The number of ether oxygens (including phenoxy) is 1. The molecule has 3 aromatic rings. The molecule has 3 heterocycles. The van der Waals surface area contributed by atoms with E-state index < -0.39 is 0 Å². The zero-order valence-corrected chi connectivity index (χ0v) is 21.6. The molecule has 0 saturated carbocycles. The van der Waals surface area contributed by atoms with Crippen molar-refractivity contribution in [3.05, 3.63) is 65.9 Å². The summed E-state index contributed by atoms with van der Waals surface area (Å²) in [5, 5.41) is 5.72. The summed E-state index contributed by atoms with van der Waals surface area (Å²) in [4.78, 5) is 29.6. The number of piperazine rings is 1. The maximum Gasteiger partial charge on any atom is 0.323 e. The number of nitrogens with zero attached hydrogens (tertiary/aromatic N) is 5. The summed E-state index contributed by atoms with van der Waals surface area (Å²) in [5.74, 6) is 1.69. The van der Waals surface area contributed by atoms with Crippen LogP contribution in [-0.2, 0) is 11.3 Å². The predicted octanol–water partition coefficient (Wildman–Crippen LogP) is 3.68. The van der Waals surface area contributed by atoms with Gasteiger partial charge in [0.05, 0.1) is 18.9 Å². The minimum Gasteiger partial charge on any atom is -0.378 e. The molecule has 0 aliphatic carbocycles. The van der Waals surface area contributed by atoms with Crippen molar-refractivity contribution in [2.24, 2.45) is 0 Å². The Morgan fingerprint density at radius 1 is 0.865 bits per heavy atom. The number of rotatable bonds is 6. The minimum atomic E-state index is -0.283. The Morgan fingerprint density at radius 2 is 1.51 bits per heavy atom. The quantitative estimate of drug-likeness (QED) is 0.533. The molecule has 2 fully saturated rings. The Labute approximate surface area is 218 Å². The third kappa shape index (κ3) is 6.43. The van der Waals surface area contributed by atoms with Crippen molar-refractivity contribution in [1.29, 1.82) is 0 Å². The van der Waals surface area contributed by atoms with Crippen LogP contribution in [0, 0.1) is 6.92 Å². The molecule has 2 aromatic carbocycles. The van der Waals surface area contributed by atoms with Crippen LogP contribution in [0.5, 0.6) is 0 Å². The van der Waals surface area contributed by atoms with E-state index in [1.54, 1.807) is 0 Å². The lowest BCUT2D eigenvalue weighted by Gasteiger charge is -2.33. The number of carbonyl (C=O) groups is 1. The first-order valence-corrected chi connectivity index (χ1v) is 12.9. The second kappa shape index (κ2) is 11.7. The van der Waals surface area contributed by atoms with Crippen molar-refractivity contribution in [2.45, 2.75) is 13.5 Å². The van der Waals surface area contributed by atoms with Crippen molar-refractivity contribution in [3.63, 3.8) is 0 Å². The molecule has 37 heavy (non-hydrogen) atoms. The smallest absolute Gasteiger partial charge is 0.323 e. The van der Waals surface area contributed by atoms with Crippen molar-refractivity contribution >= 4 is 23.2 Å². The zero-order chi connectivity index (χ0) is 25.6. The first-order chi connectivity index (χ1) is 18.0. The molecule has 194 valence electrons. The van der Waals surface area contributed by atoms with Gasteiger partial charge < -0.3 is 25.2 Å². The maximum absolute atomic E-state index is 12.4. The molecule has 2 saturated heterocycles. The van der Waals surface area contributed by atoms with Crippen LogP contribution in [0.15, 0.2) is 54.6 Å². The Bertz CT molecular complexity index is 1190. The summed E-state index contributed by atoms with van der Waals surface area (Å²) >= 11 is 0. The van der Waals surface area contributed by atoms with Gasteiger partial charge in [0.2, 0.25) is 0 Å². The van der Waals surface area contributed by atoms with Gasteiger partial charge in [0.25, 0.3) is 0 Å². The number of amides is 2. The molecule has 5 rings (SSSR count). The highest BCUT2D eigenvalue weighted by molar-refractivity contribution is 5.99. The molecule has 9 heteroatoms. The summed E-state index contributed by atoms with van der Waals surface area (Å²) in [7, 11) is 2.17. The molecule has 0 radical (unpaired) electrons. The number of carbonyl (C=O) groups excluding carboxylic acids is 1. The van der Waals surface area contributed by atoms with Gasteiger partial charge in [-0.15, -0.1) is 0 Å². The normalized spacial score (nSPS) is 17.0. The molecule has 2 amide bonds. The van der Waals surface area contributed by atoms with Gasteiger partial charge in [-0.3, -0.25) is 4.90 Å². The van der Waals surface area contributed by atoms with E-state index in [9.17, 15) is 4.79 Å². The van der Waals surface area contributed by atoms with Crippen LogP contribution < -0.4 is 15.5 Å². The topological polar surface area (TPSA) is 85.9 Å². The maximum atomic E-state index is 12.4. The number of urea groups is 1. The molecular formula is C28H35N7O2. The second-order valence-electron chi connectivity index (χ2n) is 9.64. The molecule has 0 atom stereocenters. The Morgan fingerprint density at radius 3 is 2.19 bits per heavy atom. The molecular weight excluding hydrogens is 466 g/mol. The van der Waals surface area contributed by atoms with Crippen LogP contribution in [-0.4, -0.2) is 85.3 Å². The highest BCUT2D eigenvalue weighted by Gasteiger charge is 2.22. The number of morpholine rings is 1. The molecule has 2 aliphatic heterocycles. The van der Waals surface area contributed by atoms with Gasteiger partial charge in [-0.05, 0) is 50.4 Å². The minimum absolute atomic E-state index is 0.283. The number of aromatic nitrogens is 2. The van der Waals surface area contributed by atoms with Crippen LogP contribution in [0.3, 0.4) is 0 Å². The van der Waals surface area contributed by atoms with Crippen LogP contribution >= 0.6 is 0 Å².